The van der Waals surface area contributed by atoms with Crippen LogP contribution >= 0.6 is 0 Å². The Morgan fingerprint density at radius 1 is 0.943 bits per heavy atom. The molecule has 1 N–H and O–H groups in total. The summed E-state index contributed by atoms with van der Waals surface area (Å²) in [6.07, 6.45) is 11.5. The average Bonchev–Trinajstić information content (AvgIpc) is 3.34. The van der Waals surface area contributed by atoms with Crippen LogP contribution in [0.5, 0.6) is 5.75 Å². The van der Waals surface area contributed by atoms with Crippen molar-refractivity contribution in [1.82, 2.24) is 19.5 Å². The van der Waals surface area contributed by atoms with Crippen LogP contribution in [-0.4, -0.2) is 56.5 Å². The molecule has 1 unspecified atom stereocenters. The van der Waals surface area contributed by atoms with Gasteiger partial charge in [0.05, 0.1) is 6.20 Å². The second-order valence-electron chi connectivity index (χ2n) is 8.45. The number of likely N-dealkylation sites (tertiary alicyclic amines) is 1. The van der Waals surface area contributed by atoms with E-state index in [2.05, 4.69) is 22.1 Å². The van der Waals surface area contributed by atoms with E-state index in [1.807, 2.05) is 73.4 Å². The first-order valence-electron chi connectivity index (χ1n) is 12.4. The number of piperidine rings is 1. The highest BCUT2D eigenvalue weighted by Crippen LogP contribution is 2.28. The Labute approximate surface area is 211 Å². The SMILES string of the molecule is CC.C[S+](O)c1cccc(-c2cnn3cc(-c4ccc(OCCN5CCCCC5)cc4)cnc23)c1. The van der Waals surface area contributed by atoms with Crippen molar-refractivity contribution in [2.24, 2.45) is 0 Å². The van der Waals surface area contributed by atoms with Gasteiger partial charge in [0.2, 0.25) is 0 Å². The van der Waals surface area contributed by atoms with Crippen molar-refractivity contribution in [2.45, 2.75) is 38.0 Å². The molecule has 0 saturated carbocycles. The molecule has 35 heavy (non-hydrogen) atoms. The number of nitrogens with zero attached hydrogens (tertiary/aromatic N) is 4. The van der Waals surface area contributed by atoms with Crippen LogP contribution in [0.25, 0.3) is 27.9 Å². The van der Waals surface area contributed by atoms with Crippen molar-refractivity contribution in [3.63, 3.8) is 0 Å². The number of hydrogen-bond acceptors (Lipinski definition) is 5. The first-order valence-corrected chi connectivity index (χ1v) is 14.0. The third-order valence-corrected chi connectivity index (χ3v) is 7.09. The zero-order chi connectivity index (χ0) is 24.6. The predicted molar refractivity (Wildman–Crippen MR) is 145 cm³/mol. The summed E-state index contributed by atoms with van der Waals surface area (Å²) in [6, 6.07) is 16.1. The van der Waals surface area contributed by atoms with Crippen molar-refractivity contribution in [2.75, 3.05) is 32.5 Å². The molecule has 0 aliphatic carbocycles. The van der Waals surface area contributed by atoms with Gasteiger partial charge in [0, 0.05) is 36.1 Å². The number of ether oxygens (including phenoxy) is 1. The third-order valence-electron chi connectivity index (χ3n) is 6.16. The van der Waals surface area contributed by atoms with E-state index in [4.69, 9.17) is 9.72 Å². The molecular weight excluding hydrogens is 456 g/mol. The summed E-state index contributed by atoms with van der Waals surface area (Å²) in [5.41, 5.74) is 4.81. The van der Waals surface area contributed by atoms with Crippen LogP contribution in [0.4, 0.5) is 0 Å². The quantitative estimate of drug-likeness (QED) is 0.320. The van der Waals surface area contributed by atoms with Crippen LogP contribution in [-0.2, 0) is 11.2 Å². The molecule has 6 nitrogen and oxygen atoms in total. The van der Waals surface area contributed by atoms with Crippen LogP contribution in [0.1, 0.15) is 33.1 Å². The highest BCUT2D eigenvalue weighted by Gasteiger charge is 2.16. The van der Waals surface area contributed by atoms with E-state index in [0.29, 0.717) is 0 Å². The second kappa shape index (κ2) is 12.2. The summed E-state index contributed by atoms with van der Waals surface area (Å²) in [5, 5.41) is 4.52. The summed E-state index contributed by atoms with van der Waals surface area (Å²) in [4.78, 5) is 8.08. The maximum absolute atomic E-state index is 9.93. The summed E-state index contributed by atoms with van der Waals surface area (Å²) in [6.45, 7) is 8.10. The lowest BCUT2D eigenvalue weighted by Crippen LogP contribution is -2.33. The Hall–Kier alpha value is -2.87. The molecule has 7 heteroatoms. The van der Waals surface area contributed by atoms with E-state index in [-0.39, 0.29) is 0 Å². The number of benzene rings is 2. The van der Waals surface area contributed by atoms with Gasteiger partial charge in [0.15, 0.2) is 21.7 Å². The Morgan fingerprint density at radius 3 is 2.46 bits per heavy atom. The van der Waals surface area contributed by atoms with Crippen LogP contribution in [0.3, 0.4) is 0 Å². The van der Waals surface area contributed by atoms with Gasteiger partial charge < -0.3 is 4.74 Å². The van der Waals surface area contributed by atoms with Crippen molar-refractivity contribution in [1.29, 1.82) is 0 Å². The molecule has 184 valence electrons. The topological polar surface area (TPSA) is 62.9 Å². The smallest absolute Gasteiger partial charge is 0.190 e. The number of aromatic nitrogens is 3. The van der Waals surface area contributed by atoms with E-state index in [9.17, 15) is 4.55 Å². The average molecular weight is 492 g/mol. The Balaban J connectivity index is 0.00000141. The van der Waals surface area contributed by atoms with Gasteiger partial charge in [-0.05, 0) is 55.3 Å². The van der Waals surface area contributed by atoms with Crippen molar-refractivity contribution >= 4 is 16.8 Å². The van der Waals surface area contributed by atoms with Crippen molar-refractivity contribution in [3.8, 4) is 28.0 Å². The van der Waals surface area contributed by atoms with E-state index in [1.165, 1.54) is 32.4 Å². The first kappa shape index (κ1) is 25.2. The lowest BCUT2D eigenvalue weighted by atomic mass is 10.1. The molecule has 2 aromatic heterocycles. The molecule has 4 aromatic rings. The van der Waals surface area contributed by atoms with E-state index in [1.54, 1.807) is 6.26 Å². The molecule has 1 aliphatic rings. The maximum Gasteiger partial charge on any atom is 0.190 e. The molecule has 1 aliphatic heterocycles. The lowest BCUT2D eigenvalue weighted by molar-refractivity contribution is 0.183. The maximum atomic E-state index is 9.93. The molecule has 0 bridgehead atoms. The van der Waals surface area contributed by atoms with Crippen LogP contribution in [0, 0.1) is 0 Å². The largest absolute Gasteiger partial charge is 0.492 e. The fourth-order valence-corrected chi connectivity index (χ4v) is 4.87. The number of rotatable bonds is 7. The third kappa shape index (κ3) is 6.23. The number of hydrogen-bond donors (Lipinski definition) is 1. The minimum atomic E-state index is -0.779. The molecule has 0 spiro atoms. The Kier molecular flexibility index (Phi) is 8.79. The van der Waals surface area contributed by atoms with E-state index < -0.39 is 11.2 Å². The lowest BCUT2D eigenvalue weighted by Gasteiger charge is -2.26. The van der Waals surface area contributed by atoms with Gasteiger partial charge in [-0.1, -0.05) is 44.5 Å². The normalized spacial score (nSPS) is 14.9. The molecule has 2 aromatic carbocycles. The van der Waals surface area contributed by atoms with Crippen LogP contribution < -0.4 is 4.74 Å². The molecule has 1 saturated heterocycles. The zero-order valence-electron chi connectivity index (χ0n) is 20.9. The van der Waals surface area contributed by atoms with Gasteiger partial charge >= 0.3 is 0 Å². The summed E-state index contributed by atoms with van der Waals surface area (Å²) < 4.78 is 17.7. The molecule has 5 rings (SSSR count). The van der Waals surface area contributed by atoms with Gasteiger partial charge in [-0.15, -0.1) is 0 Å². The molecular formula is C28H35N4O2S+. The molecule has 0 radical (unpaired) electrons. The van der Waals surface area contributed by atoms with Crippen molar-refractivity contribution in [3.05, 3.63) is 67.1 Å². The first-order chi connectivity index (χ1) is 17.2. The number of fused-ring (bicyclic) bond motifs is 1. The standard InChI is InChI=1S/C26H29N4O2S.C2H6/c1-33(31)24-7-5-6-21(16-24)25-18-28-30-19-22(17-27-26(25)30)20-8-10-23(11-9-20)32-15-14-29-12-3-2-4-13-29;1-2/h5-11,16-19,31H,2-4,12-15H2,1H3;1-2H3/q+1;. The minimum Gasteiger partial charge on any atom is -0.492 e. The predicted octanol–water partition coefficient (Wildman–Crippen LogP) is 6.03. The van der Waals surface area contributed by atoms with Crippen LogP contribution in [0.2, 0.25) is 0 Å². The molecule has 1 atom stereocenters. The summed E-state index contributed by atoms with van der Waals surface area (Å²) in [7, 11) is 0. The molecule has 1 fully saturated rings. The van der Waals surface area contributed by atoms with Crippen molar-refractivity contribution < 1.29 is 9.29 Å². The van der Waals surface area contributed by atoms with Gasteiger partial charge in [-0.2, -0.15) is 9.65 Å². The van der Waals surface area contributed by atoms with Gasteiger partial charge in [0.25, 0.3) is 0 Å². The summed E-state index contributed by atoms with van der Waals surface area (Å²) in [5.74, 6) is 0.893. The van der Waals surface area contributed by atoms with E-state index >= 15 is 0 Å². The zero-order valence-corrected chi connectivity index (χ0v) is 21.7. The Morgan fingerprint density at radius 2 is 1.71 bits per heavy atom. The van der Waals surface area contributed by atoms with Gasteiger partial charge in [-0.3, -0.25) is 4.90 Å². The monoisotopic (exact) mass is 491 g/mol. The minimum absolute atomic E-state index is 0.722. The Bertz CT molecular complexity index is 1220. The fraction of sp³-hybridized carbons (Fsp3) is 0.357. The van der Waals surface area contributed by atoms with Crippen LogP contribution in [0.15, 0.2) is 72.0 Å². The molecule has 0 amide bonds. The van der Waals surface area contributed by atoms with Gasteiger partial charge in [-0.25, -0.2) is 9.50 Å². The summed E-state index contributed by atoms with van der Waals surface area (Å²) >= 11 is -0.779. The second-order valence-corrected chi connectivity index (χ2v) is 9.88. The molecule has 3 heterocycles. The highest BCUT2D eigenvalue weighted by atomic mass is 32.2. The fourth-order valence-electron chi connectivity index (χ4n) is 4.29. The van der Waals surface area contributed by atoms with Gasteiger partial charge in [0.1, 0.15) is 18.6 Å². The van der Waals surface area contributed by atoms with E-state index in [0.717, 1.165) is 51.7 Å². The highest BCUT2D eigenvalue weighted by molar-refractivity contribution is 7.90.